The average molecular weight is 445 g/mol. The Balaban J connectivity index is 1.56. The number of rotatable bonds is 9. The molecule has 9 heteroatoms. The summed E-state index contributed by atoms with van der Waals surface area (Å²) in [5, 5.41) is 0. The molecule has 0 radical (unpaired) electrons. The van der Waals surface area contributed by atoms with E-state index in [1.807, 2.05) is 36.2 Å². The van der Waals surface area contributed by atoms with Gasteiger partial charge in [-0.1, -0.05) is 12.1 Å². The maximum Gasteiger partial charge on any atom is 0.242 e. The van der Waals surface area contributed by atoms with Crippen molar-refractivity contribution in [1.82, 2.24) is 9.21 Å². The van der Waals surface area contributed by atoms with E-state index in [-0.39, 0.29) is 4.90 Å². The van der Waals surface area contributed by atoms with Crippen LogP contribution in [0.4, 0.5) is 0 Å². The quantitative estimate of drug-likeness (QED) is 0.593. The molecule has 166 valence electrons. The first-order valence-corrected chi connectivity index (χ1v) is 11.3. The summed E-state index contributed by atoms with van der Waals surface area (Å²) in [6.07, 6.45) is 0.625. The molecule has 2 aromatic carbocycles. The average Bonchev–Trinajstić information content (AvgIpc) is 3.25. The van der Waals surface area contributed by atoms with Gasteiger partial charge in [0.25, 0.3) is 0 Å². The summed E-state index contributed by atoms with van der Waals surface area (Å²) in [5.74, 6) is 3.01. The minimum Gasteiger partial charge on any atom is -0.497 e. The molecule has 0 aromatic heterocycles. The van der Waals surface area contributed by atoms with Gasteiger partial charge in [-0.15, -0.1) is 0 Å². The van der Waals surface area contributed by atoms with Crippen molar-refractivity contribution in [2.75, 3.05) is 47.9 Å². The van der Waals surface area contributed by atoms with Crippen LogP contribution in [0.15, 0.2) is 63.4 Å². The van der Waals surface area contributed by atoms with Crippen molar-refractivity contribution in [3.8, 4) is 11.5 Å². The number of ether oxygens (including phenoxy) is 2. The lowest BCUT2D eigenvalue weighted by atomic mass is 10.1. The number of hydrogen-bond donors (Lipinski definition) is 0. The Labute approximate surface area is 183 Å². The highest BCUT2D eigenvalue weighted by Crippen LogP contribution is 2.19. The molecule has 0 bridgehead atoms. The first-order valence-electron chi connectivity index (χ1n) is 9.89. The van der Waals surface area contributed by atoms with Crippen LogP contribution in [0.2, 0.25) is 0 Å². The largest absolute Gasteiger partial charge is 0.497 e. The number of sulfonamides is 1. The summed E-state index contributed by atoms with van der Waals surface area (Å²) in [7, 11) is 3.09. The van der Waals surface area contributed by atoms with Gasteiger partial charge in [-0.25, -0.2) is 13.4 Å². The van der Waals surface area contributed by atoms with E-state index >= 15 is 0 Å². The van der Waals surface area contributed by atoms with Crippen LogP contribution in [0.25, 0.3) is 0 Å². The summed E-state index contributed by atoms with van der Waals surface area (Å²) in [5.41, 5.74) is 1.08. The van der Waals surface area contributed by atoms with Crippen LogP contribution in [-0.2, 0) is 16.4 Å². The molecular weight excluding hydrogens is 416 g/mol. The number of likely N-dealkylation sites (N-methyl/N-ethyl adjacent to an activating group) is 2. The zero-order chi connectivity index (χ0) is 22.4. The summed E-state index contributed by atoms with van der Waals surface area (Å²) in [6, 6.07) is 14.2. The SMILES string of the molecule is COc1ccc(S(=O)(=O)N(C)CCN(C)C2=NC(Cc3cccc(OC)c3)=NC2)cc1. The predicted molar refractivity (Wildman–Crippen MR) is 122 cm³/mol. The van der Waals surface area contributed by atoms with Crippen LogP contribution in [0.5, 0.6) is 11.5 Å². The van der Waals surface area contributed by atoms with Gasteiger partial charge in [0.05, 0.1) is 25.7 Å². The van der Waals surface area contributed by atoms with Crippen molar-refractivity contribution in [3.63, 3.8) is 0 Å². The van der Waals surface area contributed by atoms with Gasteiger partial charge >= 0.3 is 0 Å². The second-order valence-corrected chi connectivity index (χ2v) is 9.26. The van der Waals surface area contributed by atoms with Crippen molar-refractivity contribution in [1.29, 1.82) is 0 Å². The minimum atomic E-state index is -3.57. The third-order valence-corrected chi connectivity index (χ3v) is 6.99. The number of nitrogens with zero attached hydrogens (tertiary/aromatic N) is 4. The molecule has 3 rings (SSSR count). The first kappa shape index (κ1) is 22.8. The molecule has 0 saturated heterocycles. The summed E-state index contributed by atoms with van der Waals surface area (Å²) in [6.45, 7) is 1.33. The van der Waals surface area contributed by atoms with Gasteiger partial charge in [0.2, 0.25) is 10.0 Å². The van der Waals surface area contributed by atoms with Crippen LogP contribution >= 0.6 is 0 Å². The molecule has 0 unspecified atom stereocenters. The fourth-order valence-corrected chi connectivity index (χ4v) is 4.28. The van der Waals surface area contributed by atoms with Crippen molar-refractivity contribution in [2.45, 2.75) is 11.3 Å². The zero-order valence-corrected chi connectivity index (χ0v) is 19.1. The van der Waals surface area contributed by atoms with Gasteiger partial charge in [-0.2, -0.15) is 4.31 Å². The smallest absolute Gasteiger partial charge is 0.242 e. The van der Waals surface area contributed by atoms with E-state index in [0.717, 1.165) is 23.0 Å². The van der Waals surface area contributed by atoms with Crippen LogP contribution in [-0.4, -0.2) is 77.2 Å². The minimum absolute atomic E-state index is 0.237. The molecule has 0 saturated carbocycles. The third kappa shape index (κ3) is 5.62. The second kappa shape index (κ2) is 9.93. The Morgan fingerprint density at radius 3 is 2.35 bits per heavy atom. The molecule has 0 atom stereocenters. The molecule has 31 heavy (non-hydrogen) atoms. The monoisotopic (exact) mass is 444 g/mol. The van der Waals surface area contributed by atoms with Crippen LogP contribution in [0, 0.1) is 0 Å². The Morgan fingerprint density at radius 1 is 0.968 bits per heavy atom. The molecule has 1 aliphatic rings. The normalized spacial score (nSPS) is 13.7. The van der Waals surface area contributed by atoms with E-state index < -0.39 is 10.0 Å². The van der Waals surface area contributed by atoms with Crippen molar-refractivity contribution < 1.29 is 17.9 Å². The van der Waals surface area contributed by atoms with E-state index in [1.165, 1.54) is 4.31 Å². The number of methoxy groups -OCH3 is 2. The Bertz CT molecular complexity index is 1070. The predicted octanol–water partition coefficient (Wildman–Crippen LogP) is 2.31. The van der Waals surface area contributed by atoms with Gasteiger partial charge in [0, 0.05) is 33.6 Å². The standard InChI is InChI=1S/C22H28N4O4S/c1-25(12-13-26(2)31(27,28)20-10-8-18(29-3)9-11-20)22-16-23-21(24-22)15-17-6-5-7-19(14-17)30-4/h5-11,14H,12-13,15-16H2,1-4H3. The molecule has 0 fully saturated rings. The highest BCUT2D eigenvalue weighted by Gasteiger charge is 2.22. The van der Waals surface area contributed by atoms with Crippen molar-refractivity contribution in [3.05, 3.63) is 54.1 Å². The molecule has 0 amide bonds. The van der Waals surface area contributed by atoms with Gasteiger partial charge < -0.3 is 14.4 Å². The molecule has 2 aromatic rings. The second-order valence-electron chi connectivity index (χ2n) is 7.21. The Morgan fingerprint density at radius 2 is 1.68 bits per heavy atom. The summed E-state index contributed by atoms with van der Waals surface area (Å²) in [4.78, 5) is 11.3. The lowest BCUT2D eigenvalue weighted by molar-refractivity contribution is 0.405. The molecule has 0 aliphatic carbocycles. The zero-order valence-electron chi connectivity index (χ0n) is 18.3. The molecule has 0 spiro atoms. The molecule has 8 nitrogen and oxygen atoms in total. The van der Waals surface area contributed by atoms with Gasteiger partial charge in [0.1, 0.15) is 23.2 Å². The number of hydrogen-bond acceptors (Lipinski definition) is 7. The fraction of sp³-hybridized carbons (Fsp3) is 0.364. The lowest BCUT2D eigenvalue weighted by Crippen LogP contribution is -2.37. The van der Waals surface area contributed by atoms with Crippen LogP contribution in [0.1, 0.15) is 5.56 Å². The van der Waals surface area contributed by atoms with Gasteiger partial charge in [0.15, 0.2) is 0 Å². The highest BCUT2D eigenvalue weighted by atomic mass is 32.2. The molecule has 1 heterocycles. The number of benzene rings is 2. The highest BCUT2D eigenvalue weighted by molar-refractivity contribution is 7.89. The summed E-state index contributed by atoms with van der Waals surface area (Å²) >= 11 is 0. The van der Waals surface area contributed by atoms with Crippen molar-refractivity contribution in [2.24, 2.45) is 9.98 Å². The van der Waals surface area contributed by atoms with Crippen LogP contribution in [0.3, 0.4) is 0 Å². The van der Waals surface area contributed by atoms with E-state index in [4.69, 9.17) is 9.47 Å². The maximum atomic E-state index is 12.8. The Kier molecular flexibility index (Phi) is 7.29. The van der Waals surface area contributed by atoms with Gasteiger partial charge in [-0.3, -0.25) is 4.99 Å². The maximum absolute atomic E-state index is 12.8. The van der Waals surface area contributed by atoms with Gasteiger partial charge in [-0.05, 0) is 42.0 Å². The van der Waals surface area contributed by atoms with E-state index in [2.05, 4.69) is 9.98 Å². The third-order valence-electron chi connectivity index (χ3n) is 5.12. The lowest BCUT2D eigenvalue weighted by Gasteiger charge is -2.23. The van der Waals surface area contributed by atoms with E-state index in [9.17, 15) is 8.42 Å². The molecular formula is C22H28N4O4S. The summed E-state index contributed by atoms with van der Waals surface area (Å²) < 4.78 is 37.2. The van der Waals surface area contributed by atoms with Crippen LogP contribution < -0.4 is 9.47 Å². The van der Waals surface area contributed by atoms with E-state index in [0.29, 0.717) is 31.8 Å². The molecule has 1 aliphatic heterocycles. The van der Waals surface area contributed by atoms with E-state index in [1.54, 1.807) is 45.5 Å². The number of amidine groups is 2. The Hall–Kier alpha value is -2.91. The molecule has 0 N–H and O–H groups in total. The number of aliphatic imine (C=N–C) groups is 2. The van der Waals surface area contributed by atoms with Crippen molar-refractivity contribution >= 4 is 21.7 Å². The topological polar surface area (TPSA) is 83.8 Å². The first-order chi connectivity index (χ1) is 14.8. The fourth-order valence-electron chi connectivity index (χ4n) is 3.12.